The average Bonchev–Trinajstić information content (AvgIpc) is 3.68. The van der Waals surface area contributed by atoms with E-state index in [0.717, 1.165) is 39.0 Å². The summed E-state index contributed by atoms with van der Waals surface area (Å²) in [5, 5.41) is 0. The fraction of sp³-hybridized carbons (Fsp3) is 0.536. The summed E-state index contributed by atoms with van der Waals surface area (Å²) < 4.78 is 5.87. The topological polar surface area (TPSA) is 32.8 Å². The number of ether oxygens (including phenoxy) is 1. The molecular weight excluding hydrogens is 396 g/mol. The number of benzene rings is 2. The van der Waals surface area contributed by atoms with Gasteiger partial charge in [0.25, 0.3) is 0 Å². The Labute approximate surface area is 192 Å². The van der Waals surface area contributed by atoms with Crippen molar-refractivity contribution in [3.8, 4) is 0 Å². The lowest BCUT2D eigenvalue weighted by atomic mass is 9.97. The Morgan fingerprint density at radius 3 is 2.44 bits per heavy atom. The fourth-order valence-corrected chi connectivity index (χ4v) is 5.29. The lowest BCUT2D eigenvalue weighted by Gasteiger charge is -2.35. The van der Waals surface area contributed by atoms with Crippen LogP contribution in [0.3, 0.4) is 0 Å². The van der Waals surface area contributed by atoms with Gasteiger partial charge in [-0.3, -0.25) is 4.90 Å². The smallest absolute Gasteiger partial charge is 0.410 e. The van der Waals surface area contributed by atoms with Crippen molar-refractivity contribution >= 4 is 6.09 Å². The van der Waals surface area contributed by atoms with Crippen LogP contribution in [0.2, 0.25) is 0 Å². The summed E-state index contributed by atoms with van der Waals surface area (Å²) in [5.74, 6) is 0.432. The van der Waals surface area contributed by atoms with Crippen molar-refractivity contribution in [1.29, 1.82) is 0 Å². The van der Waals surface area contributed by atoms with Crippen LogP contribution in [0, 0.1) is 5.41 Å². The highest BCUT2D eigenvalue weighted by Gasteiger charge is 2.52. The Balaban J connectivity index is 1.28. The first kappa shape index (κ1) is 21.5. The average molecular weight is 433 g/mol. The maximum Gasteiger partial charge on any atom is 0.410 e. The summed E-state index contributed by atoms with van der Waals surface area (Å²) in [4.78, 5) is 17.9. The molecule has 0 N–H and O–H groups in total. The van der Waals surface area contributed by atoms with Crippen molar-refractivity contribution in [3.05, 3.63) is 71.3 Å². The van der Waals surface area contributed by atoms with Crippen LogP contribution in [-0.4, -0.2) is 47.2 Å². The number of hydrogen-bond acceptors (Lipinski definition) is 3. The lowest BCUT2D eigenvalue weighted by Crippen LogP contribution is -2.45. The van der Waals surface area contributed by atoms with E-state index in [1.165, 1.54) is 29.5 Å². The zero-order valence-corrected chi connectivity index (χ0v) is 19.7. The SMILES string of the molecule is CC(C)(C)OC(=O)N(CC1(CN2CCc3ccccc3C2)CC1)[C@H]1C[C@@H]1c1ccccc1. The maximum atomic E-state index is 13.3. The molecule has 5 rings (SSSR count). The summed E-state index contributed by atoms with van der Waals surface area (Å²) in [6.07, 6.45) is 4.42. The Hall–Kier alpha value is -2.33. The van der Waals surface area contributed by atoms with Crippen LogP contribution >= 0.6 is 0 Å². The molecule has 3 aliphatic rings. The molecule has 0 aromatic heterocycles. The van der Waals surface area contributed by atoms with Gasteiger partial charge in [0.05, 0.1) is 0 Å². The summed E-state index contributed by atoms with van der Waals surface area (Å²) >= 11 is 0. The van der Waals surface area contributed by atoms with Gasteiger partial charge < -0.3 is 9.64 Å². The van der Waals surface area contributed by atoms with Crippen molar-refractivity contribution in [2.45, 2.75) is 70.6 Å². The van der Waals surface area contributed by atoms with E-state index in [2.05, 4.69) is 64.4 Å². The van der Waals surface area contributed by atoms with Gasteiger partial charge in [0.1, 0.15) is 5.60 Å². The normalized spacial score (nSPS) is 23.8. The molecule has 0 bridgehead atoms. The molecule has 2 saturated carbocycles. The molecule has 0 saturated heterocycles. The molecule has 4 heteroatoms. The summed E-state index contributed by atoms with van der Waals surface area (Å²) in [6, 6.07) is 19.7. The van der Waals surface area contributed by atoms with Gasteiger partial charge in [-0.05, 0) is 63.1 Å². The van der Waals surface area contributed by atoms with Crippen molar-refractivity contribution in [2.75, 3.05) is 19.6 Å². The second kappa shape index (κ2) is 8.22. The minimum absolute atomic E-state index is 0.142. The molecule has 2 aliphatic carbocycles. The molecule has 0 unspecified atom stereocenters. The minimum Gasteiger partial charge on any atom is -0.444 e. The van der Waals surface area contributed by atoms with Crippen LogP contribution < -0.4 is 0 Å². The quantitative estimate of drug-likeness (QED) is 0.594. The molecule has 4 nitrogen and oxygen atoms in total. The van der Waals surface area contributed by atoms with Gasteiger partial charge in [0.15, 0.2) is 0 Å². The van der Waals surface area contributed by atoms with E-state index >= 15 is 0 Å². The number of hydrogen-bond donors (Lipinski definition) is 0. The Morgan fingerprint density at radius 2 is 1.75 bits per heavy atom. The first-order valence-electron chi connectivity index (χ1n) is 12.2. The van der Waals surface area contributed by atoms with E-state index in [4.69, 9.17) is 4.74 Å². The Morgan fingerprint density at radius 1 is 1.06 bits per heavy atom. The molecule has 1 aliphatic heterocycles. The third-order valence-electron chi connectivity index (χ3n) is 7.24. The molecule has 0 radical (unpaired) electrons. The van der Waals surface area contributed by atoms with Crippen LogP contribution in [-0.2, 0) is 17.7 Å². The highest BCUT2D eigenvalue weighted by Crippen LogP contribution is 2.52. The molecule has 2 aromatic carbocycles. The van der Waals surface area contributed by atoms with Crippen LogP contribution in [0.25, 0.3) is 0 Å². The Kier molecular flexibility index (Phi) is 5.53. The van der Waals surface area contributed by atoms with Crippen LogP contribution in [0.4, 0.5) is 4.79 Å². The second-order valence-corrected chi connectivity index (χ2v) is 11.2. The minimum atomic E-state index is -0.472. The van der Waals surface area contributed by atoms with Crippen LogP contribution in [0.15, 0.2) is 54.6 Å². The van der Waals surface area contributed by atoms with Gasteiger partial charge in [-0.15, -0.1) is 0 Å². The summed E-state index contributed by atoms with van der Waals surface area (Å²) in [7, 11) is 0. The largest absolute Gasteiger partial charge is 0.444 e. The molecule has 32 heavy (non-hydrogen) atoms. The van der Waals surface area contributed by atoms with Gasteiger partial charge in [-0.2, -0.15) is 0 Å². The number of carbonyl (C=O) groups is 1. The van der Waals surface area contributed by atoms with Crippen LogP contribution in [0.1, 0.15) is 62.6 Å². The van der Waals surface area contributed by atoms with Gasteiger partial charge in [0, 0.05) is 43.6 Å². The maximum absolute atomic E-state index is 13.3. The third kappa shape index (κ3) is 4.85. The van der Waals surface area contributed by atoms with E-state index in [1.807, 2.05) is 20.8 Å². The molecule has 2 fully saturated rings. The first-order valence-corrected chi connectivity index (χ1v) is 12.2. The van der Waals surface area contributed by atoms with Gasteiger partial charge in [-0.1, -0.05) is 54.6 Å². The van der Waals surface area contributed by atoms with E-state index < -0.39 is 5.60 Å². The van der Waals surface area contributed by atoms with Crippen LogP contribution in [0.5, 0.6) is 0 Å². The molecule has 0 spiro atoms. The standard InChI is InChI=1S/C28H36N2O2/c1-27(2,3)32-26(31)30(25-17-24(25)22-10-5-4-6-11-22)20-28(14-15-28)19-29-16-13-21-9-7-8-12-23(21)18-29/h4-12,24-25H,13-20H2,1-3H3/t24-,25+/m1/s1. The molecular formula is C28H36N2O2. The number of carbonyl (C=O) groups excluding carboxylic acids is 1. The lowest BCUT2D eigenvalue weighted by molar-refractivity contribution is 0.0168. The fourth-order valence-electron chi connectivity index (χ4n) is 5.29. The molecule has 170 valence electrons. The zero-order valence-electron chi connectivity index (χ0n) is 19.7. The summed E-state index contributed by atoms with van der Waals surface area (Å²) in [5.41, 5.74) is 4.04. The van der Waals surface area contributed by atoms with Crippen molar-refractivity contribution in [3.63, 3.8) is 0 Å². The monoisotopic (exact) mass is 432 g/mol. The second-order valence-electron chi connectivity index (χ2n) is 11.2. The number of nitrogens with zero attached hydrogens (tertiary/aromatic N) is 2. The van der Waals surface area contributed by atoms with Crippen molar-refractivity contribution in [1.82, 2.24) is 9.80 Å². The van der Waals surface area contributed by atoms with Gasteiger partial charge in [0.2, 0.25) is 0 Å². The summed E-state index contributed by atoms with van der Waals surface area (Å²) in [6.45, 7) is 9.91. The molecule has 2 aromatic rings. The first-order chi connectivity index (χ1) is 15.3. The highest BCUT2D eigenvalue weighted by atomic mass is 16.6. The van der Waals surface area contributed by atoms with Crippen molar-refractivity contribution in [2.24, 2.45) is 5.41 Å². The number of amides is 1. The van der Waals surface area contributed by atoms with Gasteiger partial charge in [-0.25, -0.2) is 4.79 Å². The zero-order chi connectivity index (χ0) is 22.3. The number of fused-ring (bicyclic) bond motifs is 1. The van der Waals surface area contributed by atoms with E-state index in [9.17, 15) is 4.79 Å². The van der Waals surface area contributed by atoms with E-state index in [0.29, 0.717) is 5.92 Å². The van der Waals surface area contributed by atoms with Gasteiger partial charge >= 0.3 is 6.09 Å². The van der Waals surface area contributed by atoms with E-state index in [-0.39, 0.29) is 17.6 Å². The highest BCUT2D eigenvalue weighted by molar-refractivity contribution is 5.69. The van der Waals surface area contributed by atoms with E-state index in [1.54, 1.807) is 0 Å². The molecule has 2 atom stereocenters. The molecule has 1 heterocycles. The Bertz CT molecular complexity index is 961. The third-order valence-corrected chi connectivity index (χ3v) is 7.24. The predicted molar refractivity (Wildman–Crippen MR) is 128 cm³/mol. The van der Waals surface area contributed by atoms with Crippen molar-refractivity contribution < 1.29 is 9.53 Å². The predicted octanol–water partition coefficient (Wildman–Crippen LogP) is 5.62. The molecule has 1 amide bonds. The number of rotatable bonds is 6.